The first kappa shape index (κ1) is 41.3. The van der Waals surface area contributed by atoms with Crippen LogP contribution in [0, 0.1) is 0 Å². The number of hydrogen-bond donors (Lipinski definition) is 7. The van der Waals surface area contributed by atoms with Crippen LogP contribution in [-0.4, -0.2) is 90.9 Å². The van der Waals surface area contributed by atoms with Crippen LogP contribution in [0.15, 0.2) is 47.5 Å². The molecular formula is C32H48N8O7S. The summed E-state index contributed by atoms with van der Waals surface area (Å²) >= 11 is 1.72. The highest BCUT2D eigenvalue weighted by molar-refractivity contribution is 7.98. The quantitative estimate of drug-likeness (QED) is 0.0580. The molecule has 1 aliphatic heterocycles. The number of carbonyl (C=O) groups excluding carboxylic acids is 7. The highest BCUT2D eigenvalue weighted by atomic mass is 32.2. The SMILES string of the molecule is C=C(CCCCCC1NC(=O)[C@H](Cc2ccccc2)NC(=O)[C@@H](C)NC(=O)CNC(=O)[C@H](CCCN=C(N)N)NC1=O)CSC.O=C=O. The van der Waals surface area contributed by atoms with Crippen LogP contribution in [0.3, 0.4) is 0 Å². The van der Waals surface area contributed by atoms with Crippen molar-refractivity contribution in [2.75, 3.05) is 25.1 Å². The summed E-state index contributed by atoms with van der Waals surface area (Å²) in [4.78, 5) is 86.2. The summed E-state index contributed by atoms with van der Waals surface area (Å²) < 4.78 is 0. The fraction of sp³-hybridized carbons (Fsp3) is 0.531. The van der Waals surface area contributed by atoms with Gasteiger partial charge in [0.2, 0.25) is 29.5 Å². The monoisotopic (exact) mass is 688 g/mol. The Morgan fingerprint density at radius 1 is 0.854 bits per heavy atom. The third kappa shape index (κ3) is 17.3. The number of unbranched alkanes of at least 4 members (excludes halogenated alkanes) is 2. The molecule has 0 bridgehead atoms. The van der Waals surface area contributed by atoms with Gasteiger partial charge in [0.05, 0.1) is 6.54 Å². The number of aliphatic imine (C=N–C) groups is 1. The standard InChI is InChI=1S/C31H48N8O5S.CO2/c1-20(19-45-3)11-6-4-9-14-24-29(43)37-23(15-10-16-34-31(32)33)28(42)35-18-26(40)36-21(2)27(41)39-25(30(44)38-24)17-22-12-7-5-8-13-22;2-1-3/h5,7-8,12-13,21,23-25H,1,4,6,9-11,14-19H2,2-3H3,(H,35,42)(H,36,40)(H,37,43)(H,38,44)(H,39,41)(H4,32,33,34);/t21-,23+,24?,25+;/m1./s1. The van der Waals surface area contributed by atoms with Crippen LogP contribution < -0.4 is 38.1 Å². The molecule has 0 radical (unpaired) electrons. The van der Waals surface area contributed by atoms with Gasteiger partial charge in [-0.1, -0.05) is 55.3 Å². The molecule has 1 saturated heterocycles. The van der Waals surface area contributed by atoms with E-state index in [0.29, 0.717) is 19.3 Å². The average molecular weight is 689 g/mol. The van der Waals surface area contributed by atoms with E-state index in [-0.39, 0.29) is 31.5 Å². The Kier molecular flexibility index (Phi) is 20.3. The normalized spacial score (nSPS) is 20.4. The average Bonchev–Trinajstić information content (AvgIpc) is 3.04. The molecule has 15 nitrogen and oxygen atoms in total. The fourth-order valence-electron chi connectivity index (χ4n) is 4.77. The number of nitrogens with one attached hydrogen (secondary N) is 5. The van der Waals surface area contributed by atoms with Crippen molar-refractivity contribution in [2.45, 2.75) is 82.5 Å². The smallest absolute Gasteiger partial charge is 0.370 e. The second kappa shape index (κ2) is 23.6. The lowest BCUT2D eigenvalue weighted by Gasteiger charge is -2.25. The van der Waals surface area contributed by atoms with Crippen molar-refractivity contribution >= 4 is 53.4 Å². The van der Waals surface area contributed by atoms with E-state index >= 15 is 0 Å². The maximum atomic E-state index is 13.7. The lowest BCUT2D eigenvalue weighted by molar-refractivity contribution is -0.191. The number of benzene rings is 1. The lowest BCUT2D eigenvalue weighted by atomic mass is 10.0. The molecule has 16 heteroatoms. The minimum absolute atomic E-state index is 0.0932. The Bertz CT molecular complexity index is 1280. The summed E-state index contributed by atoms with van der Waals surface area (Å²) in [6, 6.07) is 5.16. The number of nitrogens with zero attached hydrogens (tertiary/aromatic N) is 1. The summed E-state index contributed by atoms with van der Waals surface area (Å²) in [7, 11) is 0. The molecule has 264 valence electrons. The van der Waals surface area contributed by atoms with Gasteiger partial charge in [0.25, 0.3) is 0 Å². The molecule has 48 heavy (non-hydrogen) atoms. The zero-order chi connectivity index (χ0) is 35.9. The number of nitrogens with two attached hydrogens (primary N) is 2. The van der Waals surface area contributed by atoms with E-state index in [1.807, 2.05) is 36.6 Å². The van der Waals surface area contributed by atoms with Crippen molar-refractivity contribution in [3.63, 3.8) is 0 Å². The Morgan fingerprint density at radius 3 is 2.06 bits per heavy atom. The predicted octanol–water partition coefficient (Wildman–Crippen LogP) is -0.342. The number of rotatable bonds is 14. The van der Waals surface area contributed by atoms with Crippen LogP contribution in [0.4, 0.5) is 0 Å². The van der Waals surface area contributed by atoms with Gasteiger partial charge in [-0.2, -0.15) is 21.4 Å². The Labute approximate surface area is 285 Å². The summed E-state index contributed by atoms with van der Waals surface area (Å²) in [5.41, 5.74) is 12.8. The van der Waals surface area contributed by atoms with Gasteiger partial charge in [-0.25, -0.2) is 0 Å². The van der Waals surface area contributed by atoms with E-state index in [1.165, 1.54) is 6.92 Å². The summed E-state index contributed by atoms with van der Waals surface area (Å²) in [6.07, 6.45) is 6.52. The van der Waals surface area contributed by atoms with E-state index in [1.54, 1.807) is 11.8 Å². The molecular weight excluding hydrogens is 640 g/mol. The van der Waals surface area contributed by atoms with E-state index in [2.05, 4.69) is 38.2 Å². The first-order chi connectivity index (χ1) is 22.9. The van der Waals surface area contributed by atoms with E-state index in [0.717, 1.165) is 36.2 Å². The third-order valence-corrected chi connectivity index (χ3v) is 7.89. The van der Waals surface area contributed by atoms with Crippen molar-refractivity contribution in [3.8, 4) is 0 Å². The molecule has 1 aromatic carbocycles. The zero-order valence-corrected chi connectivity index (χ0v) is 28.4. The summed E-state index contributed by atoms with van der Waals surface area (Å²) in [6.45, 7) is 5.39. The Morgan fingerprint density at radius 2 is 1.44 bits per heavy atom. The van der Waals surface area contributed by atoms with E-state index in [9.17, 15) is 24.0 Å². The summed E-state index contributed by atoms with van der Waals surface area (Å²) in [5, 5.41) is 13.4. The molecule has 0 aromatic heterocycles. The largest absolute Gasteiger partial charge is 0.373 e. The van der Waals surface area contributed by atoms with E-state index < -0.39 is 60.2 Å². The molecule has 1 unspecified atom stereocenters. The molecule has 0 saturated carbocycles. The van der Waals surface area contributed by atoms with Crippen LogP contribution in [0.2, 0.25) is 0 Å². The highest BCUT2D eigenvalue weighted by Gasteiger charge is 2.31. The molecule has 0 spiro atoms. The van der Waals surface area contributed by atoms with Crippen LogP contribution in [0.25, 0.3) is 0 Å². The van der Waals surface area contributed by atoms with Gasteiger partial charge in [0, 0.05) is 18.7 Å². The molecule has 4 atom stereocenters. The number of hydrogen-bond acceptors (Lipinski definition) is 9. The van der Waals surface area contributed by atoms with Crippen LogP contribution in [0.1, 0.15) is 57.4 Å². The van der Waals surface area contributed by atoms with Crippen molar-refractivity contribution in [1.82, 2.24) is 26.6 Å². The zero-order valence-electron chi connectivity index (χ0n) is 27.5. The fourth-order valence-corrected chi connectivity index (χ4v) is 5.32. The number of carbonyl (C=O) groups is 5. The minimum Gasteiger partial charge on any atom is -0.370 e. The molecule has 5 amide bonds. The van der Waals surface area contributed by atoms with Gasteiger partial charge < -0.3 is 38.1 Å². The molecule has 9 N–H and O–H groups in total. The first-order valence-electron chi connectivity index (χ1n) is 15.6. The van der Waals surface area contributed by atoms with Gasteiger partial charge in [-0.05, 0) is 50.8 Å². The summed E-state index contributed by atoms with van der Waals surface area (Å²) in [5.74, 6) is -2.07. The molecule has 1 fully saturated rings. The van der Waals surface area contributed by atoms with Gasteiger partial charge in [-0.3, -0.25) is 29.0 Å². The van der Waals surface area contributed by atoms with Crippen LogP contribution >= 0.6 is 11.8 Å². The second-order valence-corrected chi connectivity index (χ2v) is 12.1. The van der Waals surface area contributed by atoms with Crippen molar-refractivity contribution in [3.05, 3.63) is 48.0 Å². The third-order valence-electron chi connectivity index (χ3n) is 7.19. The molecule has 1 heterocycles. The first-order valence-corrected chi connectivity index (χ1v) is 17.0. The van der Waals surface area contributed by atoms with E-state index in [4.69, 9.17) is 21.1 Å². The van der Waals surface area contributed by atoms with Gasteiger partial charge in [0.1, 0.15) is 24.2 Å². The van der Waals surface area contributed by atoms with Crippen LogP contribution in [0.5, 0.6) is 0 Å². The Balaban J connectivity index is 0.00000369. The van der Waals surface area contributed by atoms with Crippen molar-refractivity contribution < 1.29 is 33.6 Å². The van der Waals surface area contributed by atoms with Gasteiger partial charge in [-0.15, -0.1) is 0 Å². The van der Waals surface area contributed by atoms with Crippen molar-refractivity contribution in [2.24, 2.45) is 16.5 Å². The van der Waals surface area contributed by atoms with Crippen molar-refractivity contribution in [1.29, 1.82) is 0 Å². The molecule has 1 aliphatic rings. The molecule has 0 aliphatic carbocycles. The number of thioether (sulfide) groups is 1. The second-order valence-electron chi connectivity index (χ2n) is 11.2. The molecule has 2 rings (SSSR count). The maximum absolute atomic E-state index is 13.7. The minimum atomic E-state index is -1.02. The topological polar surface area (TPSA) is 244 Å². The molecule has 1 aromatic rings. The number of guanidine groups is 1. The predicted molar refractivity (Wildman–Crippen MR) is 182 cm³/mol. The number of amides is 5. The van der Waals surface area contributed by atoms with Gasteiger partial charge in [0.15, 0.2) is 5.96 Å². The highest BCUT2D eigenvalue weighted by Crippen LogP contribution is 2.14. The Hall–Kier alpha value is -4.69. The lowest BCUT2D eigenvalue weighted by Crippen LogP contribution is -2.57. The van der Waals surface area contributed by atoms with Gasteiger partial charge >= 0.3 is 6.15 Å². The maximum Gasteiger partial charge on any atom is 0.373 e. The van der Waals surface area contributed by atoms with Crippen LogP contribution in [-0.2, 0) is 40.0 Å².